The van der Waals surface area contributed by atoms with Gasteiger partial charge >= 0.3 is 6.09 Å². The zero-order valence-electron chi connectivity index (χ0n) is 15.7. The Kier molecular flexibility index (Phi) is 5.61. The molecule has 1 unspecified atom stereocenters. The maximum absolute atomic E-state index is 12.3. The Hall–Kier alpha value is -1.95. The van der Waals surface area contributed by atoms with Crippen LogP contribution in [0.3, 0.4) is 0 Å². The lowest BCUT2D eigenvalue weighted by Crippen LogP contribution is -2.57. The second-order valence-electron chi connectivity index (χ2n) is 7.71. The molecule has 7 heteroatoms. The van der Waals surface area contributed by atoms with Crippen LogP contribution in [-0.4, -0.2) is 66.2 Å². The molecule has 26 heavy (non-hydrogen) atoms. The van der Waals surface area contributed by atoms with Gasteiger partial charge in [-0.25, -0.2) is 4.79 Å². The lowest BCUT2D eigenvalue weighted by molar-refractivity contribution is 0.0137. The highest BCUT2D eigenvalue weighted by Gasteiger charge is 2.36. The molecular weight excluding hydrogens is 352 g/mol. The molecular formula is C19H27ClN4O2. The molecule has 2 heterocycles. The average molecular weight is 379 g/mol. The number of guanidine groups is 1. The average Bonchev–Trinajstić information content (AvgIpc) is 2.97. The Balaban J connectivity index is 1.48. The van der Waals surface area contributed by atoms with E-state index >= 15 is 0 Å². The standard InChI is InChI=1S/C19H27ClN4O2/c1-19(2,3)26-18(25)23-10-11-24-15(13-23)12-22-17(24)21-9-8-14-6-4-5-7-16(14)20/h4-7,15H,8-13H2,1-3H3,(H,21,22). The van der Waals surface area contributed by atoms with E-state index in [0.29, 0.717) is 19.6 Å². The molecule has 1 N–H and O–H groups in total. The molecule has 1 atom stereocenters. The predicted molar refractivity (Wildman–Crippen MR) is 104 cm³/mol. The van der Waals surface area contributed by atoms with Gasteiger partial charge in [0, 0.05) is 31.2 Å². The normalized spacial score (nSPS) is 19.8. The van der Waals surface area contributed by atoms with Crippen molar-refractivity contribution in [3.8, 4) is 0 Å². The maximum Gasteiger partial charge on any atom is 0.410 e. The number of piperazine rings is 1. The lowest BCUT2D eigenvalue weighted by atomic mass is 10.1. The van der Waals surface area contributed by atoms with Gasteiger partial charge in [-0.15, -0.1) is 0 Å². The number of nitrogens with zero attached hydrogens (tertiary/aromatic N) is 3. The van der Waals surface area contributed by atoms with E-state index in [4.69, 9.17) is 16.3 Å². The van der Waals surface area contributed by atoms with Crippen LogP contribution in [0.15, 0.2) is 29.3 Å². The van der Waals surface area contributed by atoms with E-state index in [0.717, 1.165) is 36.1 Å². The molecule has 1 saturated heterocycles. The first-order valence-corrected chi connectivity index (χ1v) is 9.47. The Labute approximate surface area is 160 Å². The predicted octanol–water partition coefficient (Wildman–Crippen LogP) is 2.76. The summed E-state index contributed by atoms with van der Waals surface area (Å²) in [5.41, 5.74) is 0.665. The molecule has 6 nitrogen and oxygen atoms in total. The van der Waals surface area contributed by atoms with Crippen LogP contribution in [0.2, 0.25) is 5.02 Å². The van der Waals surface area contributed by atoms with Crippen LogP contribution in [0.1, 0.15) is 26.3 Å². The van der Waals surface area contributed by atoms with Crippen LogP contribution in [0.5, 0.6) is 0 Å². The van der Waals surface area contributed by atoms with E-state index in [1.807, 2.05) is 45.0 Å². The van der Waals surface area contributed by atoms with Crippen LogP contribution >= 0.6 is 11.6 Å². The van der Waals surface area contributed by atoms with Gasteiger partial charge in [0.25, 0.3) is 0 Å². The van der Waals surface area contributed by atoms with Gasteiger partial charge < -0.3 is 19.9 Å². The number of aliphatic imine (C=N–C) groups is 1. The highest BCUT2D eigenvalue weighted by molar-refractivity contribution is 6.31. The van der Waals surface area contributed by atoms with Crippen molar-refractivity contribution in [1.29, 1.82) is 0 Å². The van der Waals surface area contributed by atoms with E-state index < -0.39 is 5.60 Å². The quantitative estimate of drug-likeness (QED) is 0.878. The summed E-state index contributed by atoms with van der Waals surface area (Å²) in [5, 5.41) is 4.22. The molecule has 2 aliphatic heterocycles. The first-order chi connectivity index (χ1) is 12.3. The van der Waals surface area contributed by atoms with Crippen molar-refractivity contribution in [2.75, 3.05) is 32.7 Å². The summed E-state index contributed by atoms with van der Waals surface area (Å²) in [5.74, 6) is 0.922. The number of halogens is 1. The minimum absolute atomic E-state index is 0.221. The third-order valence-electron chi connectivity index (χ3n) is 4.49. The van der Waals surface area contributed by atoms with Crippen molar-refractivity contribution < 1.29 is 9.53 Å². The van der Waals surface area contributed by atoms with Crippen LogP contribution in [0.25, 0.3) is 0 Å². The van der Waals surface area contributed by atoms with Crippen LogP contribution in [0.4, 0.5) is 4.79 Å². The molecule has 1 amide bonds. The molecule has 1 aromatic carbocycles. The molecule has 1 aromatic rings. The van der Waals surface area contributed by atoms with Gasteiger partial charge in [-0.05, 0) is 38.8 Å². The summed E-state index contributed by atoms with van der Waals surface area (Å²) in [7, 11) is 0. The van der Waals surface area contributed by atoms with Gasteiger partial charge in [0.05, 0.1) is 12.6 Å². The van der Waals surface area contributed by atoms with Crippen molar-refractivity contribution in [2.45, 2.75) is 38.8 Å². The number of carbonyl (C=O) groups excluding carboxylic acids is 1. The van der Waals surface area contributed by atoms with E-state index in [1.54, 1.807) is 4.90 Å². The number of fused-ring (bicyclic) bond motifs is 1. The number of amides is 1. The monoisotopic (exact) mass is 378 g/mol. The molecule has 0 bridgehead atoms. The van der Waals surface area contributed by atoms with Crippen molar-refractivity contribution in [2.24, 2.45) is 4.99 Å². The van der Waals surface area contributed by atoms with Crippen molar-refractivity contribution >= 4 is 23.7 Å². The van der Waals surface area contributed by atoms with Gasteiger partial charge in [0.1, 0.15) is 5.60 Å². The Morgan fingerprint density at radius 3 is 2.85 bits per heavy atom. The number of hydrogen-bond acceptors (Lipinski definition) is 5. The topological polar surface area (TPSA) is 57.2 Å². The van der Waals surface area contributed by atoms with Gasteiger partial charge in [-0.2, -0.15) is 0 Å². The molecule has 0 saturated carbocycles. The summed E-state index contributed by atoms with van der Waals surface area (Å²) < 4.78 is 5.48. The van der Waals surface area contributed by atoms with Crippen LogP contribution in [0, 0.1) is 0 Å². The Morgan fingerprint density at radius 1 is 1.35 bits per heavy atom. The van der Waals surface area contributed by atoms with E-state index in [-0.39, 0.29) is 12.1 Å². The Morgan fingerprint density at radius 2 is 2.12 bits per heavy atom. The SMILES string of the molecule is CC(C)(C)OC(=O)N1CCN2C(NCCc3ccccc3Cl)=NCC2C1. The molecule has 0 aliphatic carbocycles. The first kappa shape index (κ1) is 18.8. The molecule has 0 radical (unpaired) electrons. The fourth-order valence-electron chi connectivity index (χ4n) is 3.23. The largest absolute Gasteiger partial charge is 0.444 e. The first-order valence-electron chi connectivity index (χ1n) is 9.10. The highest BCUT2D eigenvalue weighted by atomic mass is 35.5. The fourth-order valence-corrected chi connectivity index (χ4v) is 3.46. The van der Waals surface area contributed by atoms with Crippen molar-refractivity contribution in [1.82, 2.24) is 15.1 Å². The maximum atomic E-state index is 12.3. The summed E-state index contributed by atoms with van der Waals surface area (Å²) >= 11 is 6.20. The minimum atomic E-state index is -0.466. The van der Waals surface area contributed by atoms with E-state index in [1.165, 1.54) is 0 Å². The van der Waals surface area contributed by atoms with Crippen molar-refractivity contribution in [3.63, 3.8) is 0 Å². The summed E-state index contributed by atoms with van der Waals surface area (Å²) in [6.45, 7) is 9.21. The lowest BCUT2D eigenvalue weighted by Gasteiger charge is -2.39. The number of rotatable bonds is 3. The summed E-state index contributed by atoms with van der Waals surface area (Å²) in [4.78, 5) is 20.9. The number of nitrogens with one attached hydrogen (secondary N) is 1. The zero-order chi connectivity index (χ0) is 18.7. The second kappa shape index (κ2) is 7.74. The third-order valence-corrected chi connectivity index (χ3v) is 4.86. The van der Waals surface area contributed by atoms with Crippen LogP contribution in [-0.2, 0) is 11.2 Å². The molecule has 3 rings (SSSR count). The fraction of sp³-hybridized carbons (Fsp3) is 0.579. The third kappa shape index (κ3) is 4.61. The van der Waals surface area contributed by atoms with Crippen LogP contribution < -0.4 is 5.32 Å². The van der Waals surface area contributed by atoms with E-state index in [2.05, 4.69) is 15.2 Å². The number of hydrogen-bond donors (Lipinski definition) is 1. The molecule has 1 fully saturated rings. The van der Waals surface area contributed by atoms with Gasteiger partial charge in [0.15, 0.2) is 5.96 Å². The summed E-state index contributed by atoms with van der Waals surface area (Å²) in [6.07, 6.45) is 0.610. The number of carbonyl (C=O) groups is 1. The molecule has 2 aliphatic rings. The molecule has 142 valence electrons. The van der Waals surface area contributed by atoms with Gasteiger partial charge in [0.2, 0.25) is 0 Å². The Bertz CT molecular complexity index is 686. The number of benzene rings is 1. The van der Waals surface area contributed by atoms with Gasteiger partial charge in [-0.3, -0.25) is 4.99 Å². The van der Waals surface area contributed by atoms with Gasteiger partial charge in [-0.1, -0.05) is 29.8 Å². The minimum Gasteiger partial charge on any atom is -0.444 e. The second-order valence-corrected chi connectivity index (χ2v) is 8.11. The zero-order valence-corrected chi connectivity index (χ0v) is 16.4. The van der Waals surface area contributed by atoms with Crippen molar-refractivity contribution in [3.05, 3.63) is 34.9 Å². The number of ether oxygens (including phenoxy) is 1. The molecule has 0 aromatic heterocycles. The van der Waals surface area contributed by atoms with E-state index in [9.17, 15) is 4.79 Å². The summed E-state index contributed by atoms with van der Waals surface area (Å²) in [6, 6.07) is 8.12. The molecule has 0 spiro atoms. The smallest absolute Gasteiger partial charge is 0.410 e. The highest BCUT2D eigenvalue weighted by Crippen LogP contribution is 2.19.